The first-order chi connectivity index (χ1) is 12.0. The zero-order chi connectivity index (χ0) is 17.8. The van der Waals surface area contributed by atoms with Crippen LogP contribution in [0.25, 0.3) is 0 Å². The second-order valence-corrected chi connectivity index (χ2v) is 12.9. The van der Waals surface area contributed by atoms with Gasteiger partial charge in [-0.1, -0.05) is 78.9 Å². The summed E-state index contributed by atoms with van der Waals surface area (Å²) in [6, 6.07) is 22.5. The molecule has 0 unspecified atom stereocenters. The predicted octanol–water partition coefficient (Wildman–Crippen LogP) is 4.76. The molecule has 25 heavy (non-hydrogen) atoms. The Morgan fingerprint density at radius 2 is 1.68 bits per heavy atom. The Balaban J connectivity index is 1.50. The van der Waals surface area contributed by atoms with Crippen LogP contribution >= 0.6 is 0 Å². The van der Waals surface area contributed by atoms with E-state index in [0.29, 0.717) is 19.3 Å². The van der Waals surface area contributed by atoms with Gasteiger partial charge in [-0.15, -0.1) is 0 Å². The fourth-order valence-corrected chi connectivity index (χ4v) is 6.53. The van der Waals surface area contributed by atoms with Gasteiger partial charge in [-0.2, -0.15) is 0 Å². The van der Waals surface area contributed by atoms with E-state index in [-0.39, 0.29) is 5.60 Å². The smallest absolute Gasteiger partial charge is 0.0891 e. The quantitative estimate of drug-likeness (QED) is 0.668. The van der Waals surface area contributed by atoms with Gasteiger partial charge in [0.25, 0.3) is 0 Å². The van der Waals surface area contributed by atoms with E-state index in [1.54, 1.807) is 0 Å². The first-order valence-electron chi connectivity index (χ1n) is 9.32. The van der Waals surface area contributed by atoms with Gasteiger partial charge >= 0.3 is 0 Å². The van der Waals surface area contributed by atoms with Gasteiger partial charge < -0.3 is 9.47 Å². The Labute approximate surface area is 153 Å². The Morgan fingerprint density at radius 3 is 2.36 bits per heavy atom. The zero-order valence-corrected chi connectivity index (χ0v) is 16.7. The van der Waals surface area contributed by atoms with Crippen molar-refractivity contribution >= 4 is 13.3 Å². The summed E-state index contributed by atoms with van der Waals surface area (Å²) >= 11 is 0. The van der Waals surface area contributed by atoms with Crippen molar-refractivity contribution in [3.8, 4) is 0 Å². The van der Waals surface area contributed by atoms with Crippen LogP contribution in [0.15, 0.2) is 60.7 Å². The Kier molecular flexibility index (Phi) is 5.77. The third kappa shape index (κ3) is 5.03. The van der Waals surface area contributed by atoms with E-state index in [4.69, 9.17) is 9.47 Å². The maximum absolute atomic E-state index is 6.45. The van der Waals surface area contributed by atoms with Crippen LogP contribution in [0.1, 0.15) is 25.3 Å². The molecule has 0 bridgehead atoms. The second-order valence-electron chi connectivity index (χ2n) is 8.16. The monoisotopic (exact) mass is 354 g/mol. The number of ether oxygens (including phenoxy) is 2. The summed E-state index contributed by atoms with van der Waals surface area (Å²) in [5, 5.41) is 1.52. The van der Waals surface area contributed by atoms with Gasteiger partial charge in [0, 0.05) is 0 Å². The lowest BCUT2D eigenvalue weighted by Crippen LogP contribution is -2.44. The number of hydrogen-bond donors (Lipinski definition) is 0. The van der Waals surface area contributed by atoms with E-state index in [0.717, 1.165) is 12.8 Å². The molecule has 0 amide bonds. The molecule has 3 rings (SSSR count). The number of benzene rings is 2. The van der Waals surface area contributed by atoms with Gasteiger partial charge in [0.15, 0.2) is 0 Å². The molecule has 0 aliphatic carbocycles. The lowest BCUT2D eigenvalue weighted by atomic mass is 10.0. The summed E-state index contributed by atoms with van der Waals surface area (Å²) in [4.78, 5) is 0. The Bertz CT molecular complexity index is 656. The normalized spacial score (nSPS) is 23.7. The van der Waals surface area contributed by atoms with Gasteiger partial charge in [-0.3, -0.25) is 0 Å². The highest BCUT2D eigenvalue weighted by atomic mass is 28.3. The average Bonchev–Trinajstić information content (AvgIpc) is 2.97. The summed E-state index contributed by atoms with van der Waals surface area (Å²) in [7, 11) is -1.46. The first-order valence-corrected chi connectivity index (χ1v) is 12.5. The van der Waals surface area contributed by atoms with E-state index in [2.05, 4.69) is 74.6 Å². The maximum Gasteiger partial charge on any atom is 0.0891 e. The molecule has 1 heterocycles. The zero-order valence-electron chi connectivity index (χ0n) is 15.7. The molecular formula is C22H30O2Si. The van der Waals surface area contributed by atoms with Gasteiger partial charge in [0.05, 0.1) is 33.0 Å². The minimum absolute atomic E-state index is 0.138. The lowest BCUT2D eigenvalue weighted by Gasteiger charge is -2.29. The van der Waals surface area contributed by atoms with Crippen LogP contribution in [0.2, 0.25) is 19.1 Å². The maximum atomic E-state index is 6.45. The van der Waals surface area contributed by atoms with Crippen molar-refractivity contribution in [2.24, 2.45) is 0 Å². The van der Waals surface area contributed by atoms with E-state index in [1.165, 1.54) is 16.8 Å². The third-order valence-electron chi connectivity index (χ3n) is 5.26. The van der Waals surface area contributed by atoms with Gasteiger partial charge in [0.1, 0.15) is 0 Å². The topological polar surface area (TPSA) is 18.5 Å². The van der Waals surface area contributed by atoms with Gasteiger partial charge in [-0.05, 0) is 31.4 Å². The molecule has 134 valence electrons. The summed E-state index contributed by atoms with van der Waals surface area (Å²) in [6.45, 7) is 8.44. The SMILES string of the molecule is C[C@]1(COCc2ccccc2)CC[C@H](C[Si](C)(C)c2ccccc2)O1. The molecule has 2 aromatic carbocycles. The first kappa shape index (κ1) is 18.4. The van der Waals surface area contributed by atoms with E-state index >= 15 is 0 Å². The Morgan fingerprint density at radius 1 is 1.04 bits per heavy atom. The van der Waals surface area contributed by atoms with Gasteiger partial charge in [-0.25, -0.2) is 0 Å². The summed E-state index contributed by atoms with van der Waals surface area (Å²) in [5.41, 5.74) is 1.08. The Hall–Kier alpha value is -1.42. The molecule has 0 radical (unpaired) electrons. The minimum atomic E-state index is -1.46. The van der Waals surface area contributed by atoms with Crippen LogP contribution < -0.4 is 5.19 Å². The molecule has 0 aromatic heterocycles. The average molecular weight is 355 g/mol. The molecule has 1 aliphatic heterocycles. The highest BCUT2D eigenvalue weighted by Crippen LogP contribution is 2.34. The number of hydrogen-bond acceptors (Lipinski definition) is 2. The van der Waals surface area contributed by atoms with Crippen molar-refractivity contribution in [3.05, 3.63) is 66.2 Å². The van der Waals surface area contributed by atoms with E-state index in [1.807, 2.05) is 6.07 Å². The molecule has 1 fully saturated rings. The fraction of sp³-hybridized carbons (Fsp3) is 0.455. The van der Waals surface area contributed by atoms with Crippen LogP contribution in [0.5, 0.6) is 0 Å². The number of rotatable bonds is 7. The predicted molar refractivity (Wildman–Crippen MR) is 107 cm³/mol. The van der Waals surface area contributed by atoms with Crippen LogP contribution in [0.3, 0.4) is 0 Å². The molecular weight excluding hydrogens is 324 g/mol. The van der Waals surface area contributed by atoms with Crippen molar-refractivity contribution in [1.29, 1.82) is 0 Å². The third-order valence-corrected chi connectivity index (χ3v) is 8.63. The van der Waals surface area contributed by atoms with Crippen molar-refractivity contribution < 1.29 is 9.47 Å². The minimum Gasteiger partial charge on any atom is -0.374 e. The molecule has 1 saturated heterocycles. The molecule has 0 N–H and O–H groups in total. The van der Waals surface area contributed by atoms with Crippen LogP contribution in [-0.2, 0) is 16.1 Å². The molecule has 1 aliphatic rings. The summed E-state index contributed by atoms with van der Waals surface area (Å²) in [6.07, 6.45) is 2.60. The standard InChI is InChI=1S/C22H30O2Si/c1-22(18-23-16-19-10-6-4-7-11-19)15-14-20(24-22)17-25(2,3)21-12-8-5-9-13-21/h4-13,20H,14-18H2,1-3H3/t20-,22-/m1/s1. The van der Waals surface area contributed by atoms with Crippen molar-refractivity contribution in [2.45, 2.75) is 57.2 Å². The molecule has 0 saturated carbocycles. The van der Waals surface area contributed by atoms with E-state index in [9.17, 15) is 0 Å². The largest absolute Gasteiger partial charge is 0.374 e. The molecule has 0 spiro atoms. The van der Waals surface area contributed by atoms with Crippen molar-refractivity contribution in [3.63, 3.8) is 0 Å². The van der Waals surface area contributed by atoms with Crippen LogP contribution in [0, 0.1) is 0 Å². The molecule has 2 nitrogen and oxygen atoms in total. The highest BCUT2D eigenvalue weighted by Gasteiger charge is 2.39. The lowest BCUT2D eigenvalue weighted by molar-refractivity contribution is -0.0792. The van der Waals surface area contributed by atoms with Gasteiger partial charge in [0.2, 0.25) is 0 Å². The molecule has 2 atom stereocenters. The summed E-state index contributed by atoms with van der Waals surface area (Å²) in [5.74, 6) is 0. The summed E-state index contributed by atoms with van der Waals surface area (Å²) < 4.78 is 12.4. The molecule has 3 heteroatoms. The fourth-order valence-electron chi connectivity index (χ4n) is 3.77. The van der Waals surface area contributed by atoms with Crippen molar-refractivity contribution in [2.75, 3.05) is 6.61 Å². The highest BCUT2D eigenvalue weighted by molar-refractivity contribution is 6.89. The van der Waals surface area contributed by atoms with Crippen LogP contribution in [-0.4, -0.2) is 26.4 Å². The van der Waals surface area contributed by atoms with E-state index < -0.39 is 8.07 Å². The molecule has 2 aromatic rings. The van der Waals surface area contributed by atoms with Crippen molar-refractivity contribution in [1.82, 2.24) is 0 Å². The second kappa shape index (κ2) is 7.86. The van der Waals surface area contributed by atoms with Crippen LogP contribution in [0.4, 0.5) is 0 Å².